The van der Waals surface area contributed by atoms with E-state index in [1.807, 2.05) is 25.1 Å². The summed E-state index contributed by atoms with van der Waals surface area (Å²) < 4.78 is 13.5. The van der Waals surface area contributed by atoms with Crippen molar-refractivity contribution in [1.29, 1.82) is 0 Å². The molecule has 27 heavy (non-hydrogen) atoms. The summed E-state index contributed by atoms with van der Waals surface area (Å²) in [5.41, 5.74) is 3.25. The summed E-state index contributed by atoms with van der Waals surface area (Å²) >= 11 is 12.7. The van der Waals surface area contributed by atoms with Gasteiger partial charge in [-0.3, -0.25) is 4.79 Å². The first-order chi connectivity index (χ1) is 13.0. The number of hydrogen-bond donors (Lipinski definition) is 1. The van der Waals surface area contributed by atoms with Gasteiger partial charge in [-0.1, -0.05) is 53.5 Å². The van der Waals surface area contributed by atoms with Crippen LogP contribution in [-0.4, -0.2) is 4.98 Å². The van der Waals surface area contributed by atoms with Crippen LogP contribution in [0.3, 0.4) is 0 Å². The zero-order valence-corrected chi connectivity index (χ0v) is 15.8. The molecule has 0 aliphatic carbocycles. The average molecular weight is 398 g/mol. The van der Waals surface area contributed by atoms with E-state index in [9.17, 15) is 9.18 Å². The molecular formula is C22H14Cl2FNO. The van der Waals surface area contributed by atoms with Gasteiger partial charge >= 0.3 is 0 Å². The molecule has 0 aliphatic rings. The minimum Gasteiger partial charge on any atom is -0.328 e. The Balaban J connectivity index is 2.09. The summed E-state index contributed by atoms with van der Waals surface area (Å²) in [5.74, 6) is -0.284. The van der Waals surface area contributed by atoms with Gasteiger partial charge in [0.15, 0.2) is 0 Å². The molecule has 1 N–H and O–H groups in total. The lowest BCUT2D eigenvalue weighted by Gasteiger charge is -2.14. The molecule has 0 bridgehead atoms. The fraction of sp³-hybridized carbons (Fsp3) is 0.0455. The lowest BCUT2D eigenvalue weighted by Crippen LogP contribution is -2.09. The predicted octanol–water partition coefficient (Wildman–Crippen LogP) is 6.62. The number of rotatable bonds is 2. The van der Waals surface area contributed by atoms with Crippen molar-refractivity contribution in [2.24, 2.45) is 0 Å². The number of pyridine rings is 1. The summed E-state index contributed by atoms with van der Waals surface area (Å²) in [4.78, 5) is 15.5. The molecule has 134 valence electrons. The van der Waals surface area contributed by atoms with E-state index in [0.717, 1.165) is 27.5 Å². The smallest absolute Gasteiger partial charge is 0.256 e. The fourth-order valence-corrected chi connectivity index (χ4v) is 4.01. The lowest BCUT2D eigenvalue weighted by atomic mass is 9.93. The Morgan fingerprint density at radius 2 is 1.56 bits per heavy atom. The maximum absolute atomic E-state index is 13.5. The molecule has 0 spiro atoms. The maximum Gasteiger partial charge on any atom is 0.256 e. The first kappa shape index (κ1) is 17.8. The molecule has 0 fully saturated rings. The van der Waals surface area contributed by atoms with Crippen molar-refractivity contribution < 1.29 is 4.39 Å². The number of aromatic nitrogens is 1. The minimum atomic E-state index is -0.284. The van der Waals surface area contributed by atoms with E-state index in [0.29, 0.717) is 21.2 Å². The van der Waals surface area contributed by atoms with Gasteiger partial charge in [-0.2, -0.15) is 0 Å². The third kappa shape index (κ3) is 3.03. The molecule has 0 aliphatic heterocycles. The summed E-state index contributed by atoms with van der Waals surface area (Å²) in [6, 6.07) is 15.5. The number of hydrogen-bond acceptors (Lipinski definition) is 1. The Bertz CT molecular complexity index is 1230. The molecule has 4 aromatic rings. The van der Waals surface area contributed by atoms with Crippen molar-refractivity contribution in [3.63, 3.8) is 0 Å². The van der Waals surface area contributed by atoms with E-state index >= 15 is 0 Å². The molecule has 1 aromatic heterocycles. The third-order valence-electron chi connectivity index (χ3n) is 4.64. The topological polar surface area (TPSA) is 32.9 Å². The van der Waals surface area contributed by atoms with Gasteiger partial charge in [0.05, 0.1) is 15.6 Å². The van der Waals surface area contributed by atoms with Crippen LogP contribution in [-0.2, 0) is 0 Å². The van der Waals surface area contributed by atoms with E-state index in [2.05, 4.69) is 4.98 Å². The second kappa shape index (κ2) is 6.84. The van der Waals surface area contributed by atoms with Gasteiger partial charge in [-0.05, 0) is 53.3 Å². The van der Waals surface area contributed by atoms with Crippen LogP contribution in [0.25, 0.3) is 33.0 Å². The van der Waals surface area contributed by atoms with E-state index in [4.69, 9.17) is 23.2 Å². The van der Waals surface area contributed by atoms with Crippen molar-refractivity contribution in [3.05, 3.63) is 92.6 Å². The van der Waals surface area contributed by atoms with Crippen LogP contribution in [0.4, 0.5) is 4.39 Å². The van der Waals surface area contributed by atoms with Gasteiger partial charge < -0.3 is 4.98 Å². The first-order valence-corrected chi connectivity index (χ1v) is 9.08. The predicted molar refractivity (Wildman–Crippen MR) is 110 cm³/mol. The highest BCUT2D eigenvalue weighted by Gasteiger charge is 2.17. The van der Waals surface area contributed by atoms with Crippen LogP contribution < -0.4 is 5.56 Å². The van der Waals surface area contributed by atoms with Crippen molar-refractivity contribution in [3.8, 4) is 22.3 Å². The van der Waals surface area contributed by atoms with Crippen LogP contribution in [0.5, 0.6) is 0 Å². The zero-order chi connectivity index (χ0) is 19.1. The molecule has 0 amide bonds. The van der Waals surface area contributed by atoms with Crippen molar-refractivity contribution >= 4 is 34.0 Å². The van der Waals surface area contributed by atoms with Crippen LogP contribution in [0, 0.1) is 12.7 Å². The Labute approximate surface area is 165 Å². The van der Waals surface area contributed by atoms with Gasteiger partial charge in [-0.25, -0.2) is 4.39 Å². The Hall–Kier alpha value is -2.62. The van der Waals surface area contributed by atoms with Gasteiger partial charge in [0.2, 0.25) is 0 Å². The van der Waals surface area contributed by atoms with Crippen LogP contribution in [0.2, 0.25) is 10.0 Å². The van der Waals surface area contributed by atoms with Gasteiger partial charge in [0.1, 0.15) is 5.82 Å². The van der Waals surface area contributed by atoms with Crippen LogP contribution in [0.1, 0.15) is 5.56 Å². The number of halogens is 3. The molecule has 0 saturated carbocycles. The molecule has 3 aromatic carbocycles. The van der Waals surface area contributed by atoms with E-state index in [-0.39, 0.29) is 11.4 Å². The number of nitrogens with one attached hydrogen (secondary N) is 1. The molecule has 1 heterocycles. The summed E-state index contributed by atoms with van der Waals surface area (Å²) in [7, 11) is 0. The molecular weight excluding hydrogens is 384 g/mol. The second-order valence-electron chi connectivity index (χ2n) is 6.32. The van der Waals surface area contributed by atoms with Gasteiger partial charge in [0.25, 0.3) is 5.56 Å². The van der Waals surface area contributed by atoms with E-state index in [1.54, 1.807) is 30.5 Å². The van der Waals surface area contributed by atoms with Crippen molar-refractivity contribution in [1.82, 2.24) is 4.98 Å². The zero-order valence-electron chi connectivity index (χ0n) is 14.3. The van der Waals surface area contributed by atoms with Crippen molar-refractivity contribution in [2.75, 3.05) is 0 Å². The number of benzene rings is 3. The highest BCUT2D eigenvalue weighted by atomic mass is 35.5. The monoisotopic (exact) mass is 397 g/mol. The number of fused-ring (bicyclic) bond motifs is 1. The molecule has 0 radical (unpaired) electrons. The lowest BCUT2D eigenvalue weighted by molar-refractivity contribution is 0.627. The highest BCUT2D eigenvalue weighted by molar-refractivity contribution is 6.39. The SMILES string of the molecule is Cc1cc(F)ccc1-c1cccc2c(-c3c(Cl)cccc3Cl)c(=O)[nH]cc12. The van der Waals surface area contributed by atoms with Crippen molar-refractivity contribution in [2.45, 2.75) is 6.92 Å². The van der Waals surface area contributed by atoms with E-state index < -0.39 is 0 Å². The standard InChI is InChI=1S/C22H14Cl2FNO/c1-12-10-13(25)8-9-14(12)15-4-2-5-16-17(15)11-26-22(27)20(16)21-18(23)6-3-7-19(21)24/h2-11H,1H3,(H,26,27). The summed E-state index contributed by atoms with van der Waals surface area (Å²) in [6.07, 6.45) is 1.67. The summed E-state index contributed by atoms with van der Waals surface area (Å²) in [6.45, 7) is 1.86. The first-order valence-electron chi connectivity index (χ1n) is 8.32. The normalized spacial score (nSPS) is 11.1. The Morgan fingerprint density at radius 1 is 0.852 bits per heavy atom. The molecule has 2 nitrogen and oxygen atoms in total. The minimum absolute atomic E-state index is 0.273. The molecule has 0 atom stereocenters. The Morgan fingerprint density at radius 3 is 2.26 bits per heavy atom. The molecule has 5 heteroatoms. The van der Waals surface area contributed by atoms with Crippen LogP contribution >= 0.6 is 23.2 Å². The van der Waals surface area contributed by atoms with Gasteiger partial charge in [-0.15, -0.1) is 0 Å². The number of aryl methyl sites for hydroxylation is 1. The fourth-order valence-electron chi connectivity index (χ4n) is 3.42. The molecule has 4 rings (SSSR count). The molecule has 0 unspecified atom stereocenters. The highest BCUT2D eigenvalue weighted by Crippen LogP contribution is 2.39. The second-order valence-corrected chi connectivity index (χ2v) is 7.13. The maximum atomic E-state index is 13.5. The summed E-state index contributed by atoms with van der Waals surface area (Å²) in [5, 5.41) is 2.38. The molecule has 0 saturated heterocycles. The third-order valence-corrected chi connectivity index (χ3v) is 5.27. The quantitative estimate of drug-likeness (QED) is 0.405. The Kier molecular flexibility index (Phi) is 4.50. The largest absolute Gasteiger partial charge is 0.328 e. The van der Waals surface area contributed by atoms with Gasteiger partial charge in [0, 0.05) is 17.1 Å². The number of H-pyrrole nitrogens is 1. The van der Waals surface area contributed by atoms with Crippen LogP contribution in [0.15, 0.2) is 65.6 Å². The number of aromatic amines is 1. The van der Waals surface area contributed by atoms with E-state index in [1.165, 1.54) is 12.1 Å². The average Bonchev–Trinajstić information content (AvgIpc) is 2.63.